The van der Waals surface area contributed by atoms with E-state index in [4.69, 9.17) is 9.47 Å². The van der Waals surface area contributed by atoms with Gasteiger partial charge in [0.15, 0.2) is 6.10 Å². The summed E-state index contributed by atoms with van der Waals surface area (Å²) < 4.78 is 10.7. The number of carbonyl (C=O) groups excluding carboxylic acids is 1. The Morgan fingerprint density at radius 2 is 2.06 bits per heavy atom. The normalized spacial score (nSPS) is 27.2. The summed E-state index contributed by atoms with van der Waals surface area (Å²) in [7, 11) is 0. The number of rotatable bonds is 1. The quantitative estimate of drug-likeness (QED) is 0.724. The van der Waals surface area contributed by atoms with E-state index < -0.39 is 0 Å². The highest BCUT2D eigenvalue weighted by Gasteiger charge is 2.44. The first-order valence-electron chi connectivity index (χ1n) is 5.21. The average molecular weight is 217 g/mol. The zero-order chi connectivity index (χ0) is 11.0. The number of ether oxygens (including phenoxy) is 2. The van der Waals surface area contributed by atoms with Crippen LogP contribution in [0.4, 0.5) is 10.5 Å². The summed E-state index contributed by atoms with van der Waals surface area (Å²) in [6.07, 6.45) is 3.32. The van der Waals surface area contributed by atoms with E-state index in [2.05, 4.69) is 0 Å². The predicted octanol–water partition coefficient (Wildman–Crippen LogP) is 2.27. The molecular weight excluding hydrogens is 206 g/mol. The number of nitrogens with zero attached hydrogens (tertiary/aromatic N) is 1. The Balaban J connectivity index is 1.95. The molecule has 0 spiro atoms. The maximum absolute atomic E-state index is 11.7. The van der Waals surface area contributed by atoms with Gasteiger partial charge in [-0.05, 0) is 18.2 Å². The lowest BCUT2D eigenvalue weighted by Gasteiger charge is -2.25. The maximum atomic E-state index is 11.7. The maximum Gasteiger partial charge on any atom is 0.417 e. The third-order valence-electron chi connectivity index (χ3n) is 2.74. The number of amides is 1. The van der Waals surface area contributed by atoms with Gasteiger partial charge in [-0.25, -0.2) is 9.69 Å². The molecule has 16 heavy (non-hydrogen) atoms. The topological polar surface area (TPSA) is 38.8 Å². The molecule has 1 amide bonds. The number of benzene rings is 1. The molecule has 4 nitrogen and oxygen atoms in total. The van der Waals surface area contributed by atoms with Crippen molar-refractivity contribution in [3.63, 3.8) is 0 Å². The van der Waals surface area contributed by atoms with Crippen LogP contribution in [0, 0.1) is 0 Å². The summed E-state index contributed by atoms with van der Waals surface area (Å²) in [6, 6.07) is 9.41. The number of fused-ring (bicyclic) bond motifs is 1. The van der Waals surface area contributed by atoms with Crippen LogP contribution in [0.15, 0.2) is 42.7 Å². The molecule has 1 fully saturated rings. The van der Waals surface area contributed by atoms with Crippen LogP contribution in [-0.2, 0) is 9.47 Å². The zero-order valence-electron chi connectivity index (χ0n) is 8.58. The van der Waals surface area contributed by atoms with Crippen molar-refractivity contribution < 1.29 is 14.3 Å². The van der Waals surface area contributed by atoms with Crippen molar-refractivity contribution in [2.45, 2.75) is 18.8 Å². The van der Waals surface area contributed by atoms with E-state index in [1.54, 1.807) is 11.2 Å². The number of hydrogen-bond acceptors (Lipinski definition) is 3. The lowest BCUT2D eigenvalue weighted by molar-refractivity contribution is 0.0403. The molecule has 2 atom stereocenters. The van der Waals surface area contributed by atoms with Crippen LogP contribution < -0.4 is 4.90 Å². The second-order valence-corrected chi connectivity index (χ2v) is 3.76. The minimum absolute atomic E-state index is 0.197. The van der Waals surface area contributed by atoms with Gasteiger partial charge in [-0.1, -0.05) is 18.2 Å². The second-order valence-electron chi connectivity index (χ2n) is 3.76. The molecule has 2 aliphatic heterocycles. The minimum Gasteiger partial charge on any atom is -0.474 e. The van der Waals surface area contributed by atoms with Crippen LogP contribution in [-0.4, -0.2) is 18.4 Å². The Morgan fingerprint density at radius 1 is 1.25 bits per heavy atom. The molecule has 1 saturated heterocycles. The summed E-state index contributed by atoms with van der Waals surface area (Å²) >= 11 is 0. The van der Waals surface area contributed by atoms with Crippen LogP contribution in [0.5, 0.6) is 0 Å². The molecule has 0 saturated carbocycles. The van der Waals surface area contributed by atoms with E-state index in [-0.39, 0.29) is 18.4 Å². The first kappa shape index (κ1) is 9.27. The van der Waals surface area contributed by atoms with Gasteiger partial charge in [-0.2, -0.15) is 0 Å². The van der Waals surface area contributed by atoms with Crippen molar-refractivity contribution in [2.24, 2.45) is 0 Å². The largest absolute Gasteiger partial charge is 0.474 e. The van der Waals surface area contributed by atoms with Crippen molar-refractivity contribution in [3.05, 3.63) is 42.7 Å². The van der Waals surface area contributed by atoms with Crippen LogP contribution in [0.25, 0.3) is 0 Å². The first-order chi connectivity index (χ1) is 7.86. The molecular formula is C12H11NO3. The molecule has 1 aromatic carbocycles. The van der Waals surface area contributed by atoms with Gasteiger partial charge in [-0.3, -0.25) is 0 Å². The first-order valence-corrected chi connectivity index (χ1v) is 5.21. The summed E-state index contributed by atoms with van der Waals surface area (Å²) in [5.41, 5.74) is 0.801. The SMILES string of the molecule is O=C1O[C@H]2CC=CO[C@H]2N1c1ccccc1. The number of hydrogen-bond donors (Lipinski definition) is 0. The highest BCUT2D eigenvalue weighted by atomic mass is 16.6. The fraction of sp³-hybridized carbons (Fsp3) is 0.250. The highest BCUT2D eigenvalue weighted by Crippen LogP contribution is 2.31. The molecule has 82 valence electrons. The van der Waals surface area contributed by atoms with Gasteiger partial charge in [0.05, 0.1) is 11.9 Å². The molecule has 4 heteroatoms. The highest BCUT2D eigenvalue weighted by molar-refractivity contribution is 5.90. The van der Waals surface area contributed by atoms with Crippen molar-refractivity contribution in [1.82, 2.24) is 0 Å². The summed E-state index contributed by atoms with van der Waals surface area (Å²) in [4.78, 5) is 13.3. The lowest BCUT2D eigenvalue weighted by Crippen LogP contribution is -2.39. The average Bonchev–Trinajstić information content (AvgIpc) is 2.66. The standard InChI is InChI=1S/C12H11NO3/c14-12-13(9-5-2-1-3-6-9)11-10(16-12)7-4-8-15-11/h1-6,8,10-11H,7H2/t10-,11+/m0/s1. The van der Waals surface area contributed by atoms with Gasteiger partial charge in [0.1, 0.15) is 0 Å². The molecule has 0 N–H and O–H groups in total. The molecule has 0 radical (unpaired) electrons. The predicted molar refractivity (Wildman–Crippen MR) is 57.8 cm³/mol. The van der Waals surface area contributed by atoms with E-state index in [1.165, 1.54) is 0 Å². The van der Waals surface area contributed by atoms with E-state index in [1.807, 2.05) is 36.4 Å². The Bertz CT molecular complexity index is 429. The van der Waals surface area contributed by atoms with Gasteiger partial charge >= 0.3 is 6.09 Å². The van der Waals surface area contributed by atoms with Crippen molar-refractivity contribution in [2.75, 3.05) is 4.90 Å². The van der Waals surface area contributed by atoms with Gasteiger partial charge in [0.25, 0.3) is 0 Å². The smallest absolute Gasteiger partial charge is 0.417 e. The van der Waals surface area contributed by atoms with Crippen LogP contribution in [0.2, 0.25) is 0 Å². The van der Waals surface area contributed by atoms with E-state index in [0.29, 0.717) is 6.42 Å². The Morgan fingerprint density at radius 3 is 2.88 bits per heavy atom. The van der Waals surface area contributed by atoms with Crippen LogP contribution >= 0.6 is 0 Å². The van der Waals surface area contributed by atoms with Gasteiger partial charge in [0, 0.05) is 6.42 Å². The summed E-state index contributed by atoms with van der Waals surface area (Å²) in [6.45, 7) is 0. The Labute approximate surface area is 93.1 Å². The summed E-state index contributed by atoms with van der Waals surface area (Å²) in [5.74, 6) is 0. The third kappa shape index (κ3) is 1.34. The van der Waals surface area contributed by atoms with Gasteiger partial charge in [-0.15, -0.1) is 0 Å². The van der Waals surface area contributed by atoms with E-state index in [0.717, 1.165) is 5.69 Å². The molecule has 0 aliphatic carbocycles. The Kier molecular flexibility index (Phi) is 2.06. The van der Waals surface area contributed by atoms with E-state index in [9.17, 15) is 4.79 Å². The number of carbonyl (C=O) groups is 1. The lowest BCUT2D eigenvalue weighted by atomic mass is 10.2. The third-order valence-corrected chi connectivity index (χ3v) is 2.74. The number of anilines is 1. The molecule has 2 heterocycles. The minimum atomic E-state index is -0.343. The van der Waals surface area contributed by atoms with Crippen LogP contribution in [0.1, 0.15) is 6.42 Å². The Hall–Kier alpha value is -1.97. The fourth-order valence-corrected chi connectivity index (χ4v) is 1.99. The van der Waals surface area contributed by atoms with Crippen LogP contribution in [0.3, 0.4) is 0 Å². The molecule has 0 aromatic heterocycles. The van der Waals surface area contributed by atoms with Crippen molar-refractivity contribution in [3.8, 4) is 0 Å². The van der Waals surface area contributed by atoms with E-state index >= 15 is 0 Å². The van der Waals surface area contributed by atoms with Crippen molar-refractivity contribution in [1.29, 1.82) is 0 Å². The van der Waals surface area contributed by atoms with Crippen molar-refractivity contribution >= 4 is 11.8 Å². The zero-order valence-corrected chi connectivity index (χ0v) is 8.58. The van der Waals surface area contributed by atoms with Gasteiger partial charge in [0.2, 0.25) is 6.23 Å². The monoisotopic (exact) mass is 217 g/mol. The molecule has 2 aliphatic rings. The number of para-hydroxylation sites is 1. The molecule has 0 unspecified atom stereocenters. The van der Waals surface area contributed by atoms with Gasteiger partial charge < -0.3 is 9.47 Å². The summed E-state index contributed by atoms with van der Waals surface area (Å²) in [5, 5.41) is 0. The fourth-order valence-electron chi connectivity index (χ4n) is 1.99. The molecule has 0 bridgehead atoms. The second kappa shape index (κ2) is 3.56. The molecule has 3 rings (SSSR count). The molecule has 1 aromatic rings.